The first-order chi connectivity index (χ1) is 6.54. The molecule has 14 heavy (non-hydrogen) atoms. The van der Waals surface area contributed by atoms with E-state index in [4.69, 9.17) is 5.11 Å². The summed E-state index contributed by atoms with van der Waals surface area (Å²) >= 11 is 0. The minimum atomic E-state index is -1.20. The topological polar surface area (TPSA) is 66.8 Å². The fourth-order valence-electron chi connectivity index (χ4n) is 1.04. The van der Waals surface area contributed by atoms with Crippen LogP contribution in [0.25, 0.3) is 0 Å². The number of rotatable bonds is 3. The Kier molecular flexibility index (Phi) is 2.91. The van der Waals surface area contributed by atoms with Gasteiger partial charge in [-0.2, -0.15) is 0 Å². The molecular weight excluding hydrogens is 191 g/mol. The van der Waals surface area contributed by atoms with E-state index in [2.05, 4.69) is 4.74 Å². The number of aliphatic carboxylic acids is 1. The second kappa shape index (κ2) is 3.95. The number of phenols is 1. The number of halogens is 1. The number of benzene rings is 1. The van der Waals surface area contributed by atoms with Gasteiger partial charge in [0.1, 0.15) is 17.3 Å². The number of phenolic OH excluding ortho intramolecular Hbond substituents is 1. The van der Waals surface area contributed by atoms with Gasteiger partial charge >= 0.3 is 5.97 Å². The molecule has 1 aromatic rings. The SMILES string of the molecule is COc1cc(O)c(CC(=O)O)c(F)c1. The molecule has 0 unspecified atom stereocenters. The van der Waals surface area contributed by atoms with Crippen molar-refractivity contribution in [1.82, 2.24) is 0 Å². The quantitative estimate of drug-likeness (QED) is 0.768. The van der Waals surface area contributed by atoms with Gasteiger partial charge in [0.05, 0.1) is 13.5 Å². The summed E-state index contributed by atoms with van der Waals surface area (Å²) in [6, 6.07) is 2.19. The van der Waals surface area contributed by atoms with Crippen molar-refractivity contribution in [3.8, 4) is 11.5 Å². The summed E-state index contributed by atoms with van der Waals surface area (Å²) in [5.74, 6) is -2.26. The van der Waals surface area contributed by atoms with E-state index in [-0.39, 0.29) is 11.3 Å². The number of carboxylic acid groups (broad SMARTS) is 1. The highest BCUT2D eigenvalue weighted by atomic mass is 19.1. The Balaban J connectivity index is 3.11. The summed E-state index contributed by atoms with van der Waals surface area (Å²) in [5, 5.41) is 17.7. The molecule has 0 aliphatic carbocycles. The van der Waals surface area contributed by atoms with E-state index in [0.717, 1.165) is 6.07 Å². The molecule has 0 bridgehead atoms. The Morgan fingerprint density at radius 2 is 2.21 bits per heavy atom. The third-order valence-corrected chi connectivity index (χ3v) is 1.71. The molecule has 0 aliphatic heterocycles. The van der Waals surface area contributed by atoms with Gasteiger partial charge in [0.2, 0.25) is 0 Å². The Morgan fingerprint density at radius 3 is 2.64 bits per heavy atom. The van der Waals surface area contributed by atoms with Gasteiger partial charge in [-0.15, -0.1) is 0 Å². The molecule has 5 heteroatoms. The second-order valence-corrected chi connectivity index (χ2v) is 2.68. The maximum Gasteiger partial charge on any atom is 0.308 e. The van der Waals surface area contributed by atoms with Gasteiger partial charge in [0.25, 0.3) is 0 Å². The molecule has 76 valence electrons. The van der Waals surface area contributed by atoms with Crippen LogP contribution in [0.4, 0.5) is 4.39 Å². The summed E-state index contributed by atoms with van der Waals surface area (Å²) in [4.78, 5) is 10.3. The lowest BCUT2D eigenvalue weighted by Gasteiger charge is -2.06. The van der Waals surface area contributed by atoms with Gasteiger partial charge in [-0.1, -0.05) is 0 Å². The average Bonchev–Trinajstić information content (AvgIpc) is 2.10. The Bertz CT molecular complexity index is 339. The zero-order chi connectivity index (χ0) is 10.7. The van der Waals surface area contributed by atoms with E-state index in [9.17, 15) is 14.3 Å². The molecule has 0 atom stereocenters. The lowest BCUT2D eigenvalue weighted by Crippen LogP contribution is -2.03. The van der Waals surface area contributed by atoms with Crippen LogP contribution in [-0.4, -0.2) is 23.3 Å². The molecule has 1 rings (SSSR count). The smallest absolute Gasteiger partial charge is 0.308 e. The second-order valence-electron chi connectivity index (χ2n) is 2.68. The van der Waals surface area contributed by atoms with E-state index in [1.54, 1.807) is 0 Å². The summed E-state index contributed by atoms with van der Waals surface area (Å²) < 4.78 is 17.8. The summed E-state index contributed by atoms with van der Waals surface area (Å²) in [5.41, 5.74) is -0.238. The van der Waals surface area contributed by atoms with Crippen molar-refractivity contribution in [1.29, 1.82) is 0 Å². The van der Waals surface area contributed by atoms with E-state index in [0.29, 0.717) is 0 Å². The molecule has 0 aliphatic rings. The van der Waals surface area contributed by atoms with Gasteiger partial charge in [-0.3, -0.25) is 4.79 Å². The third kappa shape index (κ3) is 2.12. The van der Waals surface area contributed by atoms with Gasteiger partial charge in [0, 0.05) is 17.7 Å². The van der Waals surface area contributed by atoms with Crippen LogP contribution in [0.3, 0.4) is 0 Å². The normalized spacial score (nSPS) is 9.86. The zero-order valence-corrected chi connectivity index (χ0v) is 7.45. The molecule has 0 fully saturated rings. The highest BCUT2D eigenvalue weighted by molar-refractivity contribution is 5.71. The van der Waals surface area contributed by atoms with Crippen LogP contribution in [0.1, 0.15) is 5.56 Å². The van der Waals surface area contributed by atoms with Crippen LogP contribution in [0.2, 0.25) is 0 Å². The largest absolute Gasteiger partial charge is 0.507 e. The molecule has 0 amide bonds. The van der Waals surface area contributed by atoms with Crippen molar-refractivity contribution in [2.45, 2.75) is 6.42 Å². The fraction of sp³-hybridized carbons (Fsp3) is 0.222. The molecule has 0 saturated heterocycles. The van der Waals surface area contributed by atoms with Gasteiger partial charge in [-0.25, -0.2) is 4.39 Å². The first kappa shape index (κ1) is 10.3. The monoisotopic (exact) mass is 200 g/mol. The minimum Gasteiger partial charge on any atom is -0.507 e. The van der Waals surface area contributed by atoms with Crippen molar-refractivity contribution in [3.63, 3.8) is 0 Å². The molecule has 0 spiro atoms. The average molecular weight is 200 g/mol. The minimum absolute atomic E-state index is 0.147. The van der Waals surface area contributed by atoms with Crippen LogP contribution in [0.5, 0.6) is 11.5 Å². The van der Waals surface area contributed by atoms with Crippen molar-refractivity contribution in [2.24, 2.45) is 0 Å². The number of carboxylic acids is 1. The molecule has 2 N–H and O–H groups in total. The predicted molar refractivity (Wildman–Crippen MR) is 46.0 cm³/mol. The van der Waals surface area contributed by atoms with Crippen molar-refractivity contribution < 1.29 is 24.1 Å². The molecule has 0 saturated carbocycles. The highest BCUT2D eigenvalue weighted by Gasteiger charge is 2.13. The van der Waals surface area contributed by atoms with Crippen LogP contribution in [0, 0.1) is 5.82 Å². The van der Waals surface area contributed by atoms with Gasteiger partial charge in [-0.05, 0) is 0 Å². The van der Waals surface area contributed by atoms with Gasteiger partial charge < -0.3 is 14.9 Å². The van der Waals surface area contributed by atoms with Crippen LogP contribution < -0.4 is 4.74 Å². The lowest BCUT2D eigenvalue weighted by atomic mass is 10.1. The number of methoxy groups -OCH3 is 1. The van der Waals surface area contributed by atoms with Crippen LogP contribution in [0.15, 0.2) is 12.1 Å². The van der Waals surface area contributed by atoms with E-state index in [1.807, 2.05) is 0 Å². The number of hydrogen-bond donors (Lipinski definition) is 2. The number of carbonyl (C=O) groups is 1. The lowest BCUT2D eigenvalue weighted by molar-refractivity contribution is -0.136. The van der Waals surface area contributed by atoms with Crippen molar-refractivity contribution in [3.05, 3.63) is 23.5 Å². The summed E-state index contributed by atoms with van der Waals surface area (Å²) in [7, 11) is 1.32. The number of aromatic hydroxyl groups is 1. The van der Waals surface area contributed by atoms with E-state index in [1.165, 1.54) is 13.2 Å². The number of ether oxygens (including phenoxy) is 1. The van der Waals surface area contributed by atoms with Crippen molar-refractivity contribution in [2.75, 3.05) is 7.11 Å². The van der Waals surface area contributed by atoms with E-state index < -0.39 is 24.0 Å². The maximum atomic E-state index is 13.2. The van der Waals surface area contributed by atoms with Gasteiger partial charge in [0.15, 0.2) is 0 Å². The maximum absolute atomic E-state index is 13.2. The number of hydrogen-bond acceptors (Lipinski definition) is 3. The highest BCUT2D eigenvalue weighted by Crippen LogP contribution is 2.27. The Labute approximate surface area is 79.6 Å². The summed E-state index contributed by atoms with van der Waals surface area (Å²) in [6.07, 6.45) is -0.554. The first-order valence-corrected chi connectivity index (χ1v) is 3.81. The van der Waals surface area contributed by atoms with Crippen molar-refractivity contribution >= 4 is 5.97 Å². The third-order valence-electron chi connectivity index (χ3n) is 1.71. The molecule has 4 nitrogen and oxygen atoms in total. The molecular formula is C9H9FO4. The molecule has 0 aromatic heterocycles. The first-order valence-electron chi connectivity index (χ1n) is 3.81. The molecule has 1 aromatic carbocycles. The van der Waals surface area contributed by atoms with E-state index >= 15 is 0 Å². The predicted octanol–water partition coefficient (Wildman–Crippen LogP) is 1.17. The molecule has 0 radical (unpaired) electrons. The fourth-order valence-corrected chi connectivity index (χ4v) is 1.04. The Morgan fingerprint density at radius 1 is 1.57 bits per heavy atom. The molecule has 0 heterocycles. The van der Waals surface area contributed by atoms with Crippen LogP contribution >= 0.6 is 0 Å². The zero-order valence-electron chi connectivity index (χ0n) is 7.45. The van der Waals surface area contributed by atoms with Crippen LogP contribution in [-0.2, 0) is 11.2 Å². The Hall–Kier alpha value is -1.78. The summed E-state index contributed by atoms with van der Waals surface area (Å²) in [6.45, 7) is 0. The standard InChI is InChI=1S/C9H9FO4/c1-14-5-2-7(10)6(4-9(12)13)8(11)3-5/h2-3,11H,4H2,1H3,(H,12,13).